The van der Waals surface area contributed by atoms with Crippen LogP contribution in [-0.4, -0.2) is 63.2 Å². The molecule has 7 nitrogen and oxygen atoms in total. The molecular formula is C24H28ClN3O4. The van der Waals surface area contributed by atoms with E-state index in [2.05, 4.69) is 10.2 Å². The third kappa shape index (κ3) is 6.40. The number of hydrogen-bond donors (Lipinski definition) is 1. The Morgan fingerprint density at radius 1 is 1.06 bits per heavy atom. The molecule has 0 atom stereocenters. The Morgan fingerprint density at radius 2 is 1.78 bits per heavy atom. The monoisotopic (exact) mass is 457 g/mol. The summed E-state index contributed by atoms with van der Waals surface area (Å²) in [4.78, 5) is 28.6. The highest BCUT2D eigenvalue weighted by atomic mass is 35.5. The van der Waals surface area contributed by atoms with Crippen LogP contribution >= 0.6 is 11.6 Å². The Balaban J connectivity index is 1.45. The van der Waals surface area contributed by atoms with Crippen molar-refractivity contribution in [2.45, 2.75) is 6.92 Å². The second-order valence-electron chi connectivity index (χ2n) is 7.24. The summed E-state index contributed by atoms with van der Waals surface area (Å²) in [5, 5.41) is 3.36. The Kier molecular flexibility index (Phi) is 8.39. The fraction of sp³-hybridized carbons (Fsp3) is 0.333. The summed E-state index contributed by atoms with van der Waals surface area (Å²) in [6.45, 7) is 5.10. The Hall–Kier alpha value is -3.19. The first-order chi connectivity index (χ1) is 15.5. The second-order valence-corrected chi connectivity index (χ2v) is 7.68. The number of carbonyl (C=O) groups excluding carboxylic acids is 2. The van der Waals surface area contributed by atoms with E-state index < -0.39 is 0 Å². The van der Waals surface area contributed by atoms with Crippen molar-refractivity contribution in [3.05, 3.63) is 59.1 Å². The molecule has 0 aliphatic carbocycles. The van der Waals surface area contributed by atoms with Gasteiger partial charge < -0.3 is 24.6 Å². The molecule has 1 saturated heterocycles. The molecule has 32 heavy (non-hydrogen) atoms. The zero-order valence-electron chi connectivity index (χ0n) is 18.3. The van der Waals surface area contributed by atoms with Gasteiger partial charge in [0.2, 0.25) is 11.8 Å². The fourth-order valence-electron chi connectivity index (χ4n) is 3.43. The molecule has 1 fully saturated rings. The molecule has 8 heteroatoms. The van der Waals surface area contributed by atoms with Gasteiger partial charge in [0.05, 0.1) is 20.3 Å². The van der Waals surface area contributed by atoms with Gasteiger partial charge >= 0.3 is 0 Å². The van der Waals surface area contributed by atoms with Crippen LogP contribution in [0.4, 0.5) is 5.69 Å². The van der Waals surface area contributed by atoms with E-state index in [1.807, 2.05) is 37.3 Å². The molecule has 0 radical (unpaired) electrons. The lowest BCUT2D eigenvalue weighted by atomic mass is 10.2. The smallest absolute Gasteiger partial charge is 0.244 e. The van der Waals surface area contributed by atoms with Crippen LogP contribution < -0.4 is 19.7 Å². The van der Waals surface area contributed by atoms with Crippen LogP contribution in [-0.2, 0) is 9.59 Å². The van der Waals surface area contributed by atoms with Crippen molar-refractivity contribution in [3.8, 4) is 11.5 Å². The molecule has 0 unspecified atom stereocenters. The van der Waals surface area contributed by atoms with Gasteiger partial charge in [0.15, 0.2) is 11.5 Å². The van der Waals surface area contributed by atoms with Crippen LogP contribution in [0.15, 0.2) is 48.5 Å². The average molecular weight is 458 g/mol. The third-order valence-corrected chi connectivity index (χ3v) is 5.40. The van der Waals surface area contributed by atoms with Crippen LogP contribution in [0.3, 0.4) is 0 Å². The molecule has 0 saturated carbocycles. The molecule has 1 N–H and O–H groups in total. The highest BCUT2D eigenvalue weighted by Crippen LogP contribution is 2.28. The van der Waals surface area contributed by atoms with Crippen molar-refractivity contribution in [1.29, 1.82) is 0 Å². The first kappa shape index (κ1) is 23.5. The summed E-state index contributed by atoms with van der Waals surface area (Å²) in [5.41, 5.74) is 1.89. The van der Waals surface area contributed by atoms with Gasteiger partial charge in [-0.2, -0.15) is 0 Å². The molecule has 2 amide bonds. The largest absolute Gasteiger partial charge is 0.493 e. The number of benzene rings is 2. The summed E-state index contributed by atoms with van der Waals surface area (Å²) in [6.07, 6.45) is 3.07. The number of rotatable bonds is 8. The SMILES string of the molecule is CCOc1ccc(/C=C/C(=O)NCC(=O)N2CCN(c3ccc(Cl)cc3)CC2)cc1OC. The van der Waals surface area contributed by atoms with Gasteiger partial charge in [0, 0.05) is 43.0 Å². The summed E-state index contributed by atoms with van der Waals surface area (Å²) in [6, 6.07) is 13.1. The van der Waals surface area contributed by atoms with Gasteiger partial charge in [-0.1, -0.05) is 17.7 Å². The van der Waals surface area contributed by atoms with Gasteiger partial charge in [-0.05, 0) is 55.0 Å². The van der Waals surface area contributed by atoms with Crippen LogP contribution in [0.25, 0.3) is 6.08 Å². The minimum absolute atomic E-state index is 0.0310. The van der Waals surface area contributed by atoms with Crippen LogP contribution in [0.1, 0.15) is 12.5 Å². The minimum atomic E-state index is -0.328. The van der Waals surface area contributed by atoms with Crippen molar-refractivity contribution in [2.75, 3.05) is 51.3 Å². The maximum Gasteiger partial charge on any atom is 0.244 e. The fourth-order valence-corrected chi connectivity index (χ4v) is 3.56. The van der Waals surface area contributed by atoms with E-state index in [0.29, 0.717) is 36.2 Å². The van der Waals surface area contributed by atoms with E-state index in [-0.39, 0.29) is 18.4 Å². The van der Waals surface area contributed by atoms with E-state index in [4.69, 9.17) is 21.1 Å². The normalized spacial score (nSPS) is 13.8. The quantitative estimate of drug-likeness (QED) is 0.616. The van der Waals surface area contributed by atoms with Crippen molar-refractivity contribution in [3.63, 3.8) is 0 Å². The molecule has 2 aromatic carbocycles. The van der Waals surface area contributed by atoms with E-state index in [1.165, 1.54) is 6.08 Å². The van der Waals surface area contributed by atoms with Gasteiger partial charge in [-0.15, -0.1) is 0 Å². The van der Waals surface area contributed by atoms with Gasteiger partial charge in [-0.25, -0.2) is 0 Å². The van der Waals surface area contributed by atoms with Gasteiger partial charge in [-0.3, -0.25) is 9.59 Å². The average Bonchev–Trinajstić information content (AvgIpc) is 2.82. The Bertz CT molecular complexity index is 954. The van der Waals surface area contributed by atoms with Gasteiger partial charge in [0.25, 0.3) is 0 Å². The number of anilines is 1. The molecule has 0 bridgehead atoms. The maximum atomic E-state index is 12.5. The Labute approximate surface area is 193 Å². The lowest BCUT2D eigenvalue weighted by Crippen LogP contribution is -2.51. The van der Waals surface area contributed by atoms with Crippen molar-refractivity contribution >= 4 is 35.2 Å². The molecule has 170 valence electrons. The summed E-state index contributed by atoms with van der Waals surface area (Å²) in [5.74, 6) is 0.830. The highest BCUT2D eigenvalue weighted by molar-refractivity contribution is 6.30. The molecule has 3 rings (SSSR count). The van der Waals surface area contributed by atoms with Gasteiger partial charge in [0.1, 0.15) is 0 Å². The predicted octanol–water partition coefficient (Wildman–Crippen LogP) is 3.23. The van der Waals surface area contributed by atoms with Crippen molar-refractivity contribution in [2.24, 2.45) is 0 Å². The number of hydrogen-bond acceptors (Lipinski definition) is 5. The number of nitrogens with zero attached hydrogens (tertiary/aromatic N) is 2. The minimum Gasteiger partial charge on any atom is -0.493 e. The number of nitrogens with one attached hydrogen (secondary N) is 1. The van der Waals surface area contributed by atoms with E-state index in [1.54, 1.807) is 30.2 Å². The number of ether oxygens (including phenoxy) is 2. The second kappa shape index (κ2) is 11.4. The zero-order valence-corrected chi connectivity index (χ0v) is 19.1. The highest BCUT2D eigenvalue weighted by Gasteiger charge is 2.21. The molecule has 1 aliphatic rings. The number of methoxy groups -OCH3 is 1. The molecule has 2 aromatic rings. The molecule has 0 aromatic heterocycles. The van der Waals surface area contributed by atoms with E-state index >= 15 is 0 Å². The van der Waals surface area contributed by atoms with Crippen LogP contribution in [0, 0.1) is 0 Å². The van der Waals surface area contributed by atoms with Crippen molar-refractivity contribution < 1.29 is 19.1 Å². The molecule has 0 spiro atoms. The van der Waals surface area contributed by atoms with Crippen molar-refractivity contribution in [1.82, 2.24) is 10.2 Å². The van der Waals surface area contributed by atoms with E-state index in [0.717, 1.165) is 24.3 Å². The number of amides is 2. The topological polar surface area (TPSA) is 71.1 Å². The Morgan fingerprint density at radius 3 is 2.44 bits per heavy atom. The zero-order chi connectivity index (χ0) is 22.9. The summed E-state index contributed by atoms with van der Waals surface area (Å²) >= 11 is 5.94. The number of carbonyl (C=O) groups is 2. The number of halogens is 1. The van der Waals surface area contributed by atoms with E-state index in [9.17, 15) is 9.59 Å². The summed E-state index contributed by atoms with van der Waals surface area (Å²) < 4.78 is 10.8. The first-order valence-corrected chi connectivity index (χ1v) is 10.9. The number of piperazine rings is 1. The molecule has 1 aliphatic heterocycles. The maximum absolute atomic E-state index is 12.5. The molecule has 1 heterocycles. The first-order valence-electron chi connectivity index (χ1n) is 10.5. The van der Waals surface area contributed by atoms with Crippen LogP contribution in [0.5, 0.6) is 11.5 Å². The van der Waals surface area contributed by atoms with Crippen LogP contribution in [0.2, 0.25) is 5.02 Å². The lowest BCUT2D eigenvalue weighted by Gasteiger charge is -2.36. The lowest BCUT2D eigenvalue weighted by molar-refractivity contribution is -0.132. The standard InChI is InChI=1S/C24H28ClN3O4/c1-3-32-21-10-4-18(16-22(21)31-2)5-11-23(29)26-17-24(30)28-14-12-27(13-15-28)20-8-6-19(25)7-9-20/h4-11,16H,3,12-15,17H2,1-2H3,(H,26,29)/b11-5+. The molecular weight excluding hydrogens is 430 g/mol. The summed E-state index contributed by atoms with van der Waals surface area (Å²) in [7, 11) is 1.57. The third-order valence-electron chi connectivity index (χ3n) is 5.15. The predicted molar refractivity (Wildman–Crippen MR) is 126 cm³/mol.